The Kier molecular flexibility index (Phi) is 5.83. The smallest absolute Gasteiger partial charge is 0.239 e. The Morgan fingerprint density at radius 3 is 2.64 bits per heavy atom. The molecule has 2 aromatic carbocycles. The third-order valence-corrected chi connectivity index (χ3v) is 3.26. The maximum Gasteiger partial charge on any atom is 0.239 e. The van der Waals surface area contributed by atoms with E-state index in [2.05, 4.69) is 5.32 Å². The summed E-state index contributed by atoms with van der Waals surface area (Å²) in [4.78, 5) is 13.8. The second-order valence-electron chi connectivity index (χ2n) is 5.21. The molecule has 0 fully saturated rings. The van der Waals surface area contributed by atoms with E-state index in [1.165, 1.54) is 0 Å². The number of likely N-dealkylation sites (N-methyl/N-ethyl adjacent to an activating group) is 1. The largest absolute Gasteiger partial charge is 0.492 e. The van der Waals surface area contributed by atoms with Crippen LogP contribution in [0.2, 0.25) is 0 Å². The fourth-order valence-corrected chi connectivity index (χ4v) is 2.11. The van der Waals surface area contributed by atoms with Gasteiger partial charge in [-0.25, -0.2) is 0 Å². The number of amides is 1. The minimum absolute atomic E-state index is 0.0146. The van der Waals surface area contributed by atoms with Crippen LogP contribution in [0.4, 0.5) is 5.69 Å². The van der Waals surface area contributed by atoms with Crippen LogP contribution in [-0.4, -0.2) is 32.7 Å². The molecule has 0 saturated heterocycles. The van der Waals surface area contributed by atoms with Crippen molar-refractivity contribution in [1.82, 2.24) is 5.32 Å². The quantitative estimate of drug-likeness (QED) is 0.799. The molecule has 0 aliphatic rings. The predicted molar refractivity (Wildman–Crippen MR) is 89.4 cm³/mol. The van der Waals surface area contributed by atoms with E-state index in [1.54, 1.807) is 0 Å². The van der Waals surface area contributed by atoms with E-state index < -0.39 is 0 Å². The molecule has 4 nitrogen and oxygen atoms in total. The summed E-state index contributed by atoms with van der Waals surface area (Å²) in [5, 5.41) is 2.86. The number of hydrogen-bond acceptors (Lipinski definition) is 3. The number of carbonyl (C=O) groups is 1. The number of rotatable bonds is 7. The molecule has 0 bridgehead atoms. The van der Waals surface area contributed by atoms with Crippen molar-refractivity contribution in [1.29, 1.82) is 0 Å². The number of para-hydroxylation sites is 1. The van der Waals surface area contributed by atoms with Gasteiger partial charge in [0.15, 0.2) is 0 Å². The Bertz CT molecular complexity index is 599. The van der Waals surface area contributed by atoms with Gasteiger partial charge in [0.2, 0.25) is 5.91 Å². The van der Waals surface area contributed by atoms with Crippen molar-refractivity contribution >= 4 is 11.6 Å². The van der Waals surface area contributed by atoms with Crippen LogP contribution in [0.15, 0.2) is 54.6 Å². The zero-order valence-corrected chi connectivity index (χ0v) is 13.1. The van der Waals surface area contributed by atoms with Crippen molar-refractivity contribution in [3.8, 4) is 5.75 Å². The molecule has 0 unspecified atom stereocenters. The number of ether oxygens (including phenoxy) is 1. The minimum Gasteiger partial charge on any atom is -0.492 e. The summed E-state index contributed by atoms with van der Waals surface area (Å²) in [6, 6.07) is 17.7. The van der Waals surface area contributed by atoms with Gasteiger partial charge in [0.05, 0.1) is 13.1 Å². The van der Waals surface area contributed by atoms with Gasteiger partial charge in [-0.2, -0.15) is 0 Å². The van der Waals surface area contributed by atoms with Crippen LogP contribution in [0, 0.1) is 6.92 Å². The molecule has 0 atom stereocenters. The van der Waals surface area contributed by atoms with Gasteiger partial charge >= 0.3 is 0 Å². The van der Waals surface area contributed by atoms with Crippen molar-refractivity contribution in [3.63, 3.8) is 0 Å². The highest BCUT2D eigenvalue weighted by Gasteiger charge is 2.06. The Labute approximate surface area is 131 Å². The highest BCUT2D eigenvalue weighted by atomic mass is 16.5. The summed E-state index contributed by atoms with van der Waals surface area (Å²) in [7, 11) is 1.90. The molecule has 116 valence electrons. The molecule has 0 saturated carbocycles. The van der Waals surface area contributed by atoms with E-state index in [-0.39, 0.29) is 5.91 Å². The number of carbonyl (C=O) groups excluding carboxylic acids is 1. The topological polar surface area (TPSA) is 41.6 Å². The van der Waals surface area contributed by atoms with Crippen LogP contribution >= 0.6 is 0 Å². The molecular formula is C18H22N2O2. The third kappa shape index (κ3) is 5.13. The fourth-order valence-electron chi connectivity index (χ4n) is 2.11. The molecular weight excluding hydrogens is 276 g/mol. The van der Waals surface area contributed by atoms with E-state index >= 15 is 0 Å². The van der Waals surface area contributed by atoms with Gasteiger partial charge in [0, 0.05) is 12.7 Å². The average molecular weight is 298 g/mol. The third-order valence-electron chi connectivity index (χ3n) is 3.26. The van der Waals surface area contributed by atoms with E-state index in [0.29, 0.717) is 19.7 Å². The van der Waals surface area contributed by atoms with Crippen molar-refractivity contribution in [3.05, 3.63) is 60.2 Å². The van der Waals surface area contributed by atoms with Crippen LogP contribution in [0.25, 0.3) is 0 Å². The normalized spacial score (nSPS) is 10.1. The number of benzene rings is 2. The second kappa shape index (κ2) is 8.08. The lowest BCUT2D eigenvalue weighted by Gasteiger charge is -2.18. The molecule has 2 aromatic rings. The predicted octanol–water partition coefficient (Wildman–Crippen LogP) is 2.63. The first-order valence-corrected chi connectivity index (χ1v) is 7.37. The Balaban J connectivity index is 1.68. The zero-order chi connectivity index (χ0) is 15.8. The molecule has 0 heterocycles. The van der Waals surface area contributed by atoms with Crippen LogP contribution in [0.3, 0.4) is 0 Å². The van der Waals surface area contributed by atoms with Gasteiger partial charge in [-0.3, -0.25) is 4.79 Å². The van der Waals surface area contributed by atoms with Gasteiger partial charge in [-0.05, 0) is 36.8 Å². The van der Waals surface area contributed by atoms with E-state index in [9.17, 15) is 4.79 Å². The summed E-state index contributed by atoms with van der Waals surface area (Å²) in [5.41, 5.74) is 2.18. The summed E-state index contributed by atoms with van der Waals surface area (Å²) < 4.78 is 5.60. The van der Waals surface area contributed by atoms with Crippen molar-refractivity contribution in [2.75, 3.05) is 31.6 Å². The van der Waals surface area contributed by atoms with Crippen molar-refractivity contribution in [2.24, 2.45) is 0 Å². The van der Waals surface area contributed by atoms with E-state index in [0.717, 1.165) is 17.0 Å². The summed E-state index contributed by atoms with van der Waals surface area (Å²) in [6.07, 6.45) is 0. The first-order chi connectivity index (χ1) is 10.6. The highest BCUT2D eigenvalue weighted by molar-refractivity contribution is 5.81. The Morgan fingerprint density at radius 1 is 1.14 bits per heavy atom. The Hall–Kier alpha value is -2.49. The second-order valence-corrected chi connectivity index (χ2v) is 5.21. The molecule has 0 aliphatic heterocycles. The SMILES string of the molecule is Cc1cccc(OCCNC(=O)CN(C)c2ccccc2)c1. The summed E-state index contributed by atoms with van der Waals surface area (Å²) in [6.45, 7) is 3.31. The van der Waals surface area contributed by atoms with Gasteiger partial charge < -0.3 is 15.0 Å². The van der Waals surface area contributed by atoms with Crippen LogP contribution < -0.4 is 15.0 Å². The lowest BCUT2D eigenvalue weighted by atomic mass is 10.2. The molecule has 0 aliphatic carbocycles. The molecule has 0 spiro atoms. The van der Waals surface area contributed by atoms with Gasteiger partial charge in [0.25, 0.3) is 0 Å². The molecule has 4 heteroatoms. The maximum atomic E-state index is 11.9. The number of hydrogen-bond donors (Lipinski definition) is 1. The summed E-state index contributed by atoms with van der Waals surface area (Å²) >= 11 is 0. The lowest BCUT2D eigenvalue weighted by molar-refractivity contribution is -0.119. The van der Waals surface area contributed by atoms with E-state index in [4.69, 9.17) is 4.74 Å². The van der Waals surface area contributed by atoms with Crippen LogP contribution in [0.5, 0.6) is 5.75 Å². The molecule has 1 N–H and O–H groups in total. The molecule has 0 radical (unpaired) electrons. The lowest BCUT2D eigenvalue weighted by Crippen LogP contribution is -2.37. The molecule has 2 rings (SSSR count). The number of anilines is 1. The van der Waals surface area contributed by atoms with Crippen molar-refractivity contribution in [2.45, 2.75) is 6.92 Å². The Morgan fingerprint density at radius 2 is 1.91 bits per heavy atom. The average Bonchev–Trinajstić information content (AvgIpc) is 2.52. The summed E-state index contributed by atoms with van der Waals surface area (Å²) in [5.74, 6) is 0.815. The fraction of sp³-hybridized carbons (Fsp3) is 0.278. The molecule has 1 amide bonds. The monoisotopic (exact) mass is 298 g/mol. The first kappa shape index (κ1) is 15.9. The first-order valence-electron chi connectivity index (χ1n) is 7.37. The van der Waals surface area contributed by atoms with Gasteiger partial charge in [-0.1, -0.05) is 30.3 Å². The highest BCUT2D eigenvalue weighted by Crippen LogP contribution is 2.12. The van der Waals surface area contributed by atoms with Gasteiger partial charge in [-0.15, -0.1) is 0 Å². The standard InChI is InChI=1S/C18H22N2O2/c1-15-7-6-10-17(13-15)22-12-11-19-18(21)14-20(2)16-8-4-3-5-9-16/h3-10,13H,11-12,14H2,1-2H3,(H,19,21). The maximum absolute atomic E-state index is 11.9. The van der Waals surface area contributed by atoms with Gasteiger partial charge in [0.1, 0.15) is 12.4 Å². The molecule has 0 aromatic heterocycles. The van der Waals surface area contributed by atoms with Crippen LogP contribution in [0.1, 0.15) is 5.56 Å². The minimum atomic E-state index is -0.0146. The zero-order valence-electron chi connectivity index (χ0n) is 13.1. The molecule has 22 heavy (non-hydrogen) atoms. The van der Waals surface area contributed by atoms with Crippen LogP contribution in [-0.2, 0) is 4.79 Å². The number of aryl methyl sites for hydroxylation is 1. The van der Waals surface area contributed by atoms with Crippen molar-refractivity contribution < 1.29 is 9.53 Å². The van der Waals surface area contributed by atoms with E-state index in [1.807, 2.05) is 73.5 Å². The number of nitrogens with zero attached hydrogens (tertiary/aromatic N) is 1. The number of nitrogens with one attached hydrogen (secondary N) is 1.